The van der Waals surface area contributed by atoms with Gasteiger partial charge in [-0.05, 0) is 70.8 Å². The zero-order chi connectivity index (χ0) is 22.9. The van der Waals surface area contributed by atoms with Gasteiger partial charge in [0.1, 0.15) is 5.76 Å². The quantitative estimate of drug-likeness (QED) is 0.342. The predicted molar refractivity (Wildman–Crippen MR) is 129 cm³/mol. The Morgan fingerprint density at radius 2 is 1.71 bits per heavy atom. The molecule has 1 aromatic carbocycles. The molecule has 0 aliphatic carbocycles. The number of rotatable bonds is 14. The second-order valence-electron chi connectivity index (χ2n) is 8.83. The Hall–Kier alpha value is -1.66. The highest BCUT2D eigenvalue weighted by molar-refractivity contribution is 7.90. The Bertz CT molecular complexity index is 888. The molecule has 0 aliphatic rings. The van der Waals surface area contributed by atoms with E-state index in [1.165, 1.54) is 19.4 Å². The largest absolute Gasteiger partial charge is 0.441 e. The first-order valence-electron chi connectivity index (χ1n) is 11.7. The number of nitrogens with zero attached hydrogens (tertiary/aromatic N) is 2. The zero-order valence-electron chi connectivity index (χ0n) is 20.0. The lowest BCUT2D eigenvalue weighted by Gasteiger charge is -2.20. The van der Waals surface area contributed by atoms with Crippen LogP contribution in [0.1, 0.15) is 69.9 Å². The van der Waals surface area contributed by atoms with Gasteiger partial charge in [-0.3, -0.25) is 0 Å². The van der Waals surface area contributed by atoms with Crippen molar-refractivity contribution in [2.24, 2.45) is 5.92 Å². The van der Waals surface area contributed by atoms with Crippen molar-refractivity contribution in [3.8, 4) is 11.5 Å². The van der Waals surface area contributed by atoms with Gasteiger partial charge < -0.3 is 9.32 Å². The van der Waals surface area contributed by atoms with Crippen LogP contribution in [0.2, 0.25) is 0 Å². The predicted octanol–water partition coefficient (Wildman–Crippen LogP) is 5.80. The van der Waals surface area contributed by atoms with Gasteiger partial charge in [0.25, 0.3) is 0 Å². The Kier molecular flexibility index (Phi) is 10.2. The minimum absolute atomic E-state index is 0.0564. The van der Waals surface area contributed by atoms with E-state index >= 15 is 0 Å². The Morgan fingerprint density at radius 3 is 2.35 bits per heavy atom. The summed E-state index contributed by atoms with van der Waals surface area (Å²) in [6.07, 6.45) is 5.61. The summed E-state index contributed by atoms with van der Waals surface area (Å²) < 4.78 is 31.3. The lowest BCUT2D eigenvalue weighted by atomic mass is 10.1. The molecule has 0 aliphatic heterocycles. The van der Waals surface area contributed by atoms with Crippen LogP contribution in [0.25, 0.3) is 11.5 Å². The molecule has 1 aromatic heterocycles. The van der Waals surface area contributed by atoms with Crippen molar-refractivity contribution in [3.05, 3.63) is 41.3 Å². The second-order valence-corrected chi connectivity index (χ2v) is 10.9. The van der Waals surface area contributed by atoms with Crippen molar-refractivity contribution >= 4 is 9.84 Å². The molecule has 1 heterocycles. The number of aryl methyl sites for hydroxylation is 2. The lowest BCUT2D eigenvalue weighted by molar-refractivity contribution is 0.274. The molecule has 0 radical (unpaired) electrons. The fourth-order valence-corrected chi connectivity index (χ4v) is 5.64. The first-order valence-corrected chi connectivity index (χ1v) is 13.5. The van der Waals surface area contributed by atoms with Gasteiger partial charge in [0.05, 0.1) is 17.2 Å². The third-order valence-electron chi connectivity index (χ3n) is 5.78. The van der Waals surface area contributed by atoms with Gasteiger partial charge in [-0.25, -0.2) is 13.4 Å². The summed E-state index contributed by atoms with van der Waals surface area (Å²) in [7, 11) is -3.23. The molecule has 0 spiro atoms. The van der Waals surface area contributed by atoms with E-state index in [4.69, 9.17) is 4.42 Å². The fraction of sp³-hybridized carbons (Fsp3) is 0.640. The van der Waals surface area contributed by atoms with Gasteiger partial charge in [0.15, 0.2) is 9.84 Å². The molecule has 0 N–H and O–H groups in total. The number of benzene rings is 1. The summed E-state index contributed by atoms with van der Waals surface area (Å²) in [6.45, 7) is 13.6. The van der Waals surface area contributed by atoms with Crippen LogP contribution < -0.4 is 0 Å². The van der Waals surface area contributed by atoms with Crippen LogP contribution in [0.4, 0.5) is 0 Å². The van der Waals surface area contributed by atoms with Crippen molar-refractivity contribution in [2.75, 3.05) is 25.4 Å². The van der Waals surface area contributed by atoms with Gasteiger partial charge in [-0.2, -0.15) is 0 Å². The Labute approximate surface area is 189 Å². The summed E-state index contributed by atoms with van der Waals surface area (Å²) in [5.74, 6) is 1.36. The van der Waals surface area contributed by atoms with Gasteiger partial charge >= 0.3 is 0 Å². The first-order chi connectivity index (χ1) is 14.7. The van der Waals surface area contributed by atoms with Crippen LogP contribution in [0, 0.1) is 19.8 Å². The number of sulfone groups is 1. The second kappa shape index (κ2) is 12.4. The average Bonchev–Trinajstić information content (AvgIpc) is 3.07. The summed E-state index contributed by atoms with van der Waals surface area (Å²) >= 11 is 0. The highest BCUT2D eigenvalue weighted by atomic mass is 32.2. The monoisotopic (exact) mass is 448 g/mol. The molecule has 1 unspecified atom stereocenters. The molecule has 0 fully saturated rings. The molecular formula is C25H40N2O3S. The maximum absolute atomic E-state index is 12.8. The molecule has 5 nitrogen and oxygen atoms in total. The summed E-state index contributed by atoms with van der Waals surface area (Å²) in [5.41, 5.74) is 2.55. The van der Waals surface area contributed by atoms with Crippen molar-refractivity contribution in [1.82, 2.24) is 9.88 Å². The SMILES string of the molecule is CCCCN(CC)CCCCC(C)CS(=O)(=O)Cc1nc(-c2ccc(C)cc2)oc1C. The minimum atomic E-state index is -3.23. The smallest absolute Gasteiger partial charge is 0.226 e. The normalized spacial score (nSPS) is 13.1. The van der Waals surface area contributed by atoms with Crippen LogP contribution in [-0.4, -0.2) is 43.7 Å². The number of hydrogen-bond donors (Lipinski definition) is 0. The molecule has 1 atom stereocenters. The van der Waals surface area contributed by atoms with E-state index in [-0.39, 0.29) is 17.4 Å². The summed E-state index contributed by atoms with van der Waals surface area (Å²) in [6, 6.07) is 7.89. The molecule has 2 rings (SSSR count). The topological polar surface area (TPSA) is 63.4 Å². The zero-order valence-corrected chi connectivity index (χ0v) is 20.8. The first kappa shape index (κ1) is 25.6. The number of unbranched alkanes of at least 4 members (excludes halogenated alkanes) is 2. The van der Waals surface area contributed by atoms with Gasteiger partial charge in [-0.15, -0.1) is 0 Å². The molecule has 6 heteroatoms. The van der Waals surface area contributed by atoms with Crippen LogP contribution in [0.15, 0.2) is 28.7 Å². The summed E-state index contributed by atoms with van der Waals surface area (Å²) in [4.78, 5) is 6.97. The van der Waals surface area contributed by atoms with E-state index in [2.05, 4.69) is 23.7 Å². The highest BCUT2D eigenvalue weighted by Gasteiger charge is 2.21. The van der Waals surface area contributed by atoms with Crippen LogP contribution in [0.5, 0.6) is 0 Å². The lowest BCUT2D eigenvalue weighted by Crippen LogP contribution is -2.25. The molecule has 31 heavy (non-hydrogen) atoms. The number of hydrogen-bond acceptors (Lipinski definition) is 5. The summed E-state index contributed by atoms with van der Waals surface area (Å²) in [5, 5.41) is 0. The molecule has 0 amide bonds. The maximum Gasteiger partial charge on any atom is 0.226 e. The van der Waals surface area contributed by atoms with E-state index in [0.29, 0.717) is 17.3 Å². The third-order valence-corrected chi connectivity index (χ3v) is 7.57. The third kappa shape index (κ3) is 8.77. The van der Waals surface area contributed by atoms with E-state index in [1.54, 1.807) is 6.92 Å². The van der Waals surface area contributed by atoms with E-state index in [1.807, 2.05) is 38.1 Å². The van der Waals surface area contributed by atoms with Gasteiger partial charge in [0, 0.05) is 5.56 Å². The minimum Gasteiger partial charge on any atom is -0.441 e. The van der Waals surface area contributed by atoms with Crippen molar-refractivity contribution < 1.29 is 12.8 Å². The van der Waals surface area contributed by atoms with Crippen LogP contribution in [-0.2, 0) is 15.6 Å². The maximum atomic E-state index is 12.8. The van der Waals surface area contributed by atoms with Crippen molar-refractivity contribution in [2.45, 2.75) is 72.5 Å². The molecule has 0 saturated heterocycles. The van der Waals surface area contributed by atoms with E-state index in [9.17, 15) is 8.42 Å². The van der Waals surface area contributed by atoms with Crippen molar-refractivity contribution in [3.63, 3.8) is 0 Å². The highest BCUT2D eigenvalue weighted by Crippen LogP contribution is 2.24. The molecular weight excluding hydrogens is 408 g/mol. The number of aromatic nitrogens is 1. The van der Waals surface area contributed by atoms with Gasteiger partial charge in [0.2, 0.25) is 5.89 Å². The van der Waals surface area contributed by atoms with E-state index < -0.39 is 9.84 Å². The van der Waals surface area contributed by atoms with Crippen molar-refractivity contribution in [1.29, 1.82) is 0 Å². The molecule has 0 saturated carbocycles. The van der Waals surface area contributed by atoms with Crippen LogP contribution >= 0.6 is 0 Å². The molecule has 0 bridgehead atoms. The average molecular weight is 449 g/mol. The Balaban J connectivity index is 1.84. The number of oxazole rings is 1. The molecule has 2 aromatic rings. The fourth-order valence-electron chi connectivity index (χ4n) is 3.80. The van der Waals surface area contributed by atoms with E-state index in [0.717, 1.165) is 43.5 Å². The van der Waals surface area contributed by atoms with Gasteiger partial charge in [-0.1, -0.05) is 51.3 Å². The molecule has 174 valence electrons. The van der Waals surface area contributed by atoms with Crippen LogP contribution in [0.3, 0.4) is 0 Å². The standard InChI is InChI=1S/C25H40N2O3S/c1-6-8-16-27(7-2)17-10-9-11-21(4)18-31(28,29)19-24-22(5)30-25(26-24)23-14-12-20(3)13-15-23/h12-15,21H,6-11,16-19H2,1-5H3. The Morgan fingerprint density at radius 1 is 1.03 bits per heavy atom.